The predicted octanol–water partition coefficient (Wildman–Crippen LogP) is 7.34. The van der Waals surface area contributed by atoms with Gasteiger partial charge in [-0.2, -0.15) is 0 Å². The third-order valence-corrected chi connectivity index (χ3v) is 5.40. The van der Waals surface area contributed by atoms with Gasteiger partial charge in [0.1, 0.15) is 0 Å². The summed E-state index contributed by atoms with van der Waals surface area (Å²) in [6.07, 6.45) is 21.4. The molecule has 0 saturated carbocycles. The van der Waals surface area contributed by atoms with E-state index in [1.165, 1.54) is 120 Å². The monoisotopic (exact) mass is 326 g/mol. The Kier molecular flexibility index (Phi) is 16.8. The molecule has 0 aromatic heterocycles. The Labute approximate surface area is 148 Å². The molecule has 140 valence electrons. The third kappa shape index (κ3) is 15.2. The lowest BCUT2D eigenvalue weighted by Gasteiger charge is -2.35. The molecule has 0 rings (SSSR count). The normalized spacial score (nSPS) is 12.0. The van der Waals surface area contributed by atoms with E-state index in [9.17, 15) is 0 Å². The molecule has 0 saturated heterocycles. The lowest BCUT2D eigenvalue weighted by molar-refractivity contribution is -0.910. The van der Waals surface area contributed by atoms with Crippen molar-refractivity contribution in [1.29, 1.82) is 0 Å². The quantitative estimate of drug-likeness (QED) is 0.182. The maximum absolute atomic E-state index is 2.54. The van der Waals surface area contributed by atoms with E-state index >= 15 is 0 Å². The molecule has 0 amide bonds. The zero-order valence-corrected chi connectivity index (χ0v) is 17.2. The van der Waals surface area contributed by atoms with E-state index in [0.717, 1.165) is 0 Å². The van der Waals surface area contributed by atoms with E-state index in [0.29, 0.717) is 0 Å². The average Bonchev–Trinajstić information content (AvgIpc) is 2.54. The maximum Gasteiger partial charge on any atom is 0.0784 e. The Morgan fingerprint density at radius 3 is 1.04 bits per heavy atom. The van der Waals surface area contributed by atoms with Crippen molar-refractivity contribution in [2.24, 2.45) is 0 Å². The molecule has 1 heteroatoms. The van der Waals surface area contributed by atoms with Crippen molar-refractivity contribution in [3.05, 3.63) is 0 Å². The van der Waals surface area contributed by atoms with Crippen LogP contribution in [0.1, 0.15) is 117 Å². The maximum atomic E-state index is 2.54. The van der Waals surface area contributed by atoms with Gasteiger partial charge in [-0.05, 0) is 38.5 Å². The van der Waals surface area contributed by atoms with Gasteiger partial charge in [0, 0.05) is 0 Å². The molecule has 0 spiro atoms. The highest BCUT2D eigenvalue weighted by Crippen LogP contribution is 2.15. The molecule has 1 nitrogen and oxygen atoms in total. The topological polar surface area (TPSA) is 0 Å². The Morgan fingerprint density at radius 2 is 0.652 bits per heavy atom. The van der Waals surface area contributed by atoms with Crippen LogP contribution in [-0.4, -0.2) is 31.2 Å². The number of hydrogen-bond acceptors (Lipinski definition) is 0. The number of rotatable bonds is 18. The molecule has 0 radical (unpaired) electrons. The van der Waals surface area contributed by atoms with Gasteiger partial charge in [-0.1, -0.05) is 78.6 Å². The second kappa shape index (κ2) is 16.8. The molecular formula is C22H48N+. The zero-order chi connectivity index (χ0) is 17.2. The first kappa shape index (κ1) is 23.0. The SMILES string of the molecule is CCCCCCCC[N+](C)(CCCCC)CCCCCCCC. The molecule has 0 heterocycles. The van der Waals surface area contributed by atoms with Crippen molar-refractivity contribution in [2.75, 3.05) is 26.7 Å². The van der Waals surface area contributed by atoms with E-state index < -0.39 is 0 Å². The fraction of sp³-hybridized carbons (Fsp3) is 1.00. The molecule has 0 aromatic rings. The highest BCUT2D eigenvalue weighted by molar-refractivity contribution is 4.50. The van der Waals surface area contributed by atoms with Gasteiger partial charge in [-0.25, -0.2) is 0 Å². The lowest BCUT2D eigenvalue weighted by Crippen LogP contribution is -2.46. The summed E-state index contributed by atoms with van der Waals surface area (Å²) in [7, 11) is 2.54. The summed E-state index contributed by atoms with van der Waals surface area (Å²) in [5, 5.41) is 0. The van der Waals surface area contributed by atoms with Crippen LogP contribution in [0, 0.1) is 0 Å². The molecule has 23 heavy (non-hydrogen) atoms. The number of quaternary nitrogens is 1. The number of nitrogens with zero attached hydrogens (tertiary/aromatic N) is 1. The minimum atomic E-state index is 1.35. The Hall–Kier alpha value is -0.0400. The van der Waals surface area contributed by atoms with Gasteiger partial charge in [0.25, 0.3) is 0 Å². The fourth-order valence-electron chi connectivity index (χ4n) is 3.63. The van der Waals surface area contributed by atoms with Crippen molar-refractivity contribution in [3.63, 3.8) is 0 Å². The second-order valence-electron chi connectivity index (χ2n) is 8.03. The minimum Gasteiger partial charge on any atom is -0.326 e. The van der Waals surface area contributed by atoms with E-state index in [1.54, 1.807) is 0 Å². The zero-order valence-electron chi connectivity index (χ0n) is 17.2. The Balaban J connectivity index is 3.93. The molecule has 0 aliphatic carbocycles. The van der Waals surface area contributed by atoms with Gasteiger partial charge in [0.15, 0.2) is 0 Å². The standard InChI is InChI=1S/C22H48N/c1-5-8-11-13-15-18-21-23(4,20-17-10-7-3)22-19-16-14-12-9-6-2/h5-22H2,1-4H3/q+1. The van der Waals surface area contributed by atoms with Gasteiger partial charge >= 0.3 is 0 Å². The predicted molar refractivity (Wildman–Crippen MR) is 107 cm³/mol. The van der Waals surface area contributed by atoms with Gasteiger partial charge in [0.2, 0.25) is 0 Å². The first-order valence-electron chi connectivity index (χ1n) is 11.0. The smallest absolute Gasteiger partial charge is 0.0784 e. The Bertz CT molecular complexity index is 208. The van der Waals surface area contributed by atoms with Crippen LogP contribution < -0.4 is 0 Å². The molecular weight excluding hydrogens is 278 g/mol. The number of unbranched alkanes of at least 4 members (excludes halogenated alkanes) is 12. The van der Waals surface area contributed by atoms with Crippen LogP contribution in [0.4, 0.5) is 0 Å². The van der Waals surface area contributed by atoms with Crippen molar-refractivity contribution in [3.8, 4) is 0 Å². The molecule has 0 atom stereocenters. The van der Waals surface area contributed by atoms with Gasteiger partial charge in [-0.15, -0.1) is 0 Å². The molecule has 0 fully saturated rings. The molecule has 0 aliphatic rings. The summed E-state index contributed by atoms with van der Waals surface area (Å²) in [5.74, 6) is 0. The molecule has 0 unspecified atom stereocenters. The van der Waals surface area contributed by atoms with Crippen LogP contribution >= 0.6 is 0 Å². The Morgan fingerprint density at radius 1 is 0.391 bits per heavy atom. The fourth-order valence-corrected chi connectivity index (χ4v) is 3.63. The van der Waals surface area contributed by atoms with Gasteiger partial charge in [0.05, 0.1) is 26.7 Å². The van der Waals surface area contributed by atoms with Crippen molar-refractivity contribution in [2.45, 2.75) is 117 Å². The van der Waals surface area contributed by atoms with Crippen molar-refractivity contribution < 1.29 is 4.48 Å². The van der Waals surface area contributed by atoms with Crippen LogP contribution in [0.15, 0.2) is 0 Å². The summed E-state index contributed by atoms with van der Waals surface area (Å²) in [4.78, 5) is 0. The third-order valence-electron chi connectivity index (χ3n) is 5.40. The summed E-state index contributed by atoms with van der Waals surface area (Å²) in [6.45, 7) is 11.2. The molecule has 0 aromatic carbocycles. The summed E-state index contributed by atoms with van der Waals surface area (Å²) in [6, 6.07) is 0. The molecule has 0 bridgehead atoms. The van der Waals surface area contributed by atoms with E-state index in [1.807, 2.05) is 0 Å². The summed E-state index contributed by atoms with van der Waals surface area (Å²) < 4.78 is 1.35. The van der Waals surface area contributed by atoms with Gasteiger partial charge < -0.3 is 4.48 Å². The van der Waals surface area contributed by atoms with Crippen molar-refractivity contribution in [1.82, 2.24) is 0 Å². The largest absolute Gasteiger partial charge is 0.326 e. The molecule has 0 aliphatic heterocycles. The highest BCUT2D eigenvalue weighted by atomic mass is 15.3. The highest BCUT2D eigenvalue weighted by Gasteiger charge is 2.19. The summed E-state index contributed by atoms with van der Waals surface area (Å²) >= 11 is 0. The minimum absolute atomic E-state index is 1.35. The van der Waals surface area contributed by atoms with E-state index in [2.05, 4.69) is 27.8 Å². The number of hydrogen-bond donors (Lipinski definition) is 0. The molecule has 0 N–H and O–H groups in total. The van der Waals surface area contributed by atoms with Crippen LogP contribution in [0.25, 0.3) is 0 Å². The van der Waals surface area contributed by atoms with Crippen molar-refractivity contribution >= 4 is 0 Å². The van der Waals surface area contributed by atoms with Crippen LogP contribution in [0.3, 0.4) is 0 Å². The first-order chi connectivity index (χ1) is 11.2. The first-order valence-corrected chi connectivity index (χ1v) is 11.0. The summed E-state index contributed by atoms with van der Waals surface area (Å²) in [5.41, 5.74) is 0. The van der Waals surface area contributed by atoms with E-state index in [-0.39, 0.29) is 0 Å². The van der Waals surface area contributed by atoms with Gasteiger partial charge in [-0.3, -0.25) is 0 Å². The van der Waals surface area contributed by atoms with E-state index in [4.69, 9.17) is 0 Å². The average molecular weight is 327 g/mol. The second-order valence-corrected chi connectivity index (χ2v) is 8.03. The van der Waals surface area contributed by atoms with Crippen LogP contribution in [0.5, 0.6) is 0 Å². The van der Waals surface area contributed by atoms with Crippen LogP contribution in [0.2, 0.25) is 0 Å². The lowest BCUT2D eigenvalue weighted by atomic mass is 10.1. The van der Waals surface area contributed by atoms with Crippen LogP contribution in [-0.2, 0) is 0 Å².